The maximum absolute atomic E-state index is 10.5. The van der Waals surface area contributed by atoms with Crippen LogP contribution in [0.2, 0.25) is 0 Å². The highest BCUT2D eigenvalue weighted by atomic mass is 16.4. The average Bonchev–Trinajstić information content (AvgIpc) is 2.52. The molecule has 0 aliphatic heterocycles. The Kier molecular flexibility index (Phi) is 5.04. The largest absolute Gasteiger partial charge is 0.478 e. The van der Waals surface area contributed by atoms with Crippen molar-refractivity contribution >= 4 is 18.0 Å². The molecule has 0 aliphatic carbocycles. The first-order valence-electron chi connectivity index (χ1n) is 6.71. The summed E-state index contributed by atoms with van der Waals surface area (Å²) >= 11 is 0. The Balaban J connectivity index is 2.10. The van der Waals surface area contributed by atoms with E-state index < -0.39 is 5.97 Å². The van der Waals surface area contributed by atoms with E-state index in [1.807, 2.05) is 25.1 Å². The Hall–Kier alpha value is -2.69. The first-order valence-corrected chi connectivity index (χ1v) is 6.71. The molecule has 0 saturated carbocycles. The lowest BCUT2D eigenvalue weighted by Crippen LogP contribution is -2.24. The van der Waals surface area contributed by atoms with Crippen LogP contribution in [0.5, 0.6) is 0 Å². The van der Waals surface area contributed by atoms with Crippen molar-refractivity contribution in [1.29, 1.82) is 0 Å². The van der Waals surface area contributed by atoms with Crippen LogP contribution in [0.15, 0.2) is 48.8 Å². The molecular formula is C16H17N3O2. The maximum atomic E-state index is 10.5. The molecule has 1 aromatic heterocycles. The van der Waals surface area contributed by atoms with Crippen LogP contribution in [0.1, 0.15) is 18.1 Å². The van der Waals surface area contributed by atoms with E-state index in [2.05, 4.69) is 27.0 Å². The van der Waals surface area contributed by atoms with E-state index in [0.717, 1.165) is 19.2 Å². The standard InChI is InChI=1S/C16H17N3O2/c1-2-19(12-13-6-4-3-5-7-13)16-17-10-14(11-18-16)8-9-15(20)21/h3-11H,2,12H2,1H3,(H,20,21)/b9-8+. The van der Waals surface area contributed by atoms with E-state index >= 15 is 0 Å². The fourth-order valence-corrected chi connectivity index (χ4v) is 1.88. The lowest BCUT2D eigenvalue weighted by atomic mass is 10.2. The Bertz CT molecular complexity index is 609. The summed E-state index contributed by atoms with van der Waals surface area (Å²) in [6, 6.07) is 10.1. The Morgan fingerprint density at radius 2 is 1.90 bits per heavy atom. The Morgan fingerprint density at radius 1 is 1.24 bits per heavy atom. The summed E-state index contributed by atoms with van der Waals surface area (Å²) in [6.45, 7) is 3.57. The summed E-state index contributed by atoms with van der Waals surface area (Å²) < 4.78 is 0. The van der Waals surface area contributed by atoms with Crippen LogP contribution in [0.4, 0.5) is 5.95 Å². The number of aromatic nitrogens is 2. The second-order valence-corrected chi connectivity index (χ2v) is 4.49. The molecule has 1 aromatic carbocycles. The van der Waals surface area contributed by atoms with E-state index in [-0.39, 0.29) is 0 Å². The molecule has 1 heterocycles. The number of aliphatic carboxylic acids is 1. The van der Waals surface area contributed by atoms with Crippen molar-refractivity contribution in [3.05, 3.63) is 59.9 Å². The zero-order valence-electron chi connectivity index (χ0n) is 11.8. The van der Waals surface area contributed by atoms with Gasteiger partial charge in [0.15, 0.2) is 0 Å². The third kappa shape index (κ3) is 4.42. The van der Waals surface area contributed by atoms with Gasteiger partial charge in [-0.15, -0.1) is 0 Å². The summed E-state index contributed by atoms with van der Waals surface area (Å²) in [7, 11) is 0. The van der Waals surface area contributed by atoms with E-state index in [9.17, 15) is 4.79 Å². The highest BCUT2D eigenvalue weighted by molar-refractivity contribution is 5.85. The molecule has 0 fully saturated rings. The normalized spacial score (nSPS) is 10.7. The van der Waals surface area contributed by atoms with Crippen molar-refractivity contribution in [2.45, 2.75) is 13.5 Å². The third-order valence-corrected chi connectivity index (χ3v) is 2.96. The predicted octanol–water partition coefficient (Wildman–Crippen LogP) is 2.60. The lowest BCUT2D eigenvalue weighted by molar-refractivity contribution is -0.131. The van der Waals surface area contributed by atoms with Crippen molar-refractivity contribution < 1.29 is 9.90 Å². The quantitative estimate of drug-likeness (QED) is 0.825. The fourth-order valence-electron chi connectivity index (χ4n) is 1.88. The second kappa shape index (κ2) is 7.19. The summed E-state index contributed by atoms with van der Waals surface area (Å²) in [4.78, 5) is 21.1. The van der Waals surface area contributed by atoms with Crippen LogP contribution in [0.25, 0.3) is 6.08 Å². The molecule has 0 spiro atoms. The van der Waals surface area contributed by atoms with Gasteiger partial charge in [-0.2, -0.15) is 0 Å². The van der Waals surface area contributed by atoms with Crippen LogP contribution < -0.4 is 4.90 Å². The lowest BCUT2D eigenvalue weighted by Gasteiger charge is -2.20. The van der Waals surface area contributed by atoms with E-state index in [1.165, 1.54) is 11.6 Å². The first-order chi connectivity index (χ1) is 10.2. The average molecular weight is 283 g/mol. The zero-order valence-corrected chi connectivity index (χ0v) is 11.8. The summed E-state index contributed by atoms with van der Waals surface area (Å²) in [5.41, 5.74) is 1.86. The molecule has 5 nitrogen and oxygen atoms in total. The molecule has 0 atom stereocenters. The summed E-state index contributed by atoms with van der Waals surface area (Å²) in [6.07, 6.45) is 5.78. The molecule has 0 unspecified atom stereocenters. The molecule has 0 radical (unpaired) electrons. The van der Waals surface area contributed by atoms with Gasteiger partial charge < -0.3 is 10.0 Å². The monoisotopic (exact) mass is 283 g/mol. The number of carboxylic acids is 1. The van der Waals surface area contributed by atoms with Crippen LogP contribution >= 0.6 is 0 Å². The smallest absolute Gasteiger partial charge is 0.328 e. The number of rotatable bonds is 6. The van der Waals surface area contributed by atoms with Crippen LogP contribution in [0.3, 0.4) is 0 Å². The zero-order chi connectivity index (χ0) is 15.1. The molecule has 2 rings (SSSR count). The van der Waals surface area contributed by atoms with E-state index in [1.54, 1.807) is 12.4 Å². The van der Waals surface area contributed by atoms with Crippen molar-refractivity contribution in [3.63, 3.8) is 0 Å². The van der Waals surface area contributed by atoms with Gasteiger partial charge in [-0.25, -0.2) is 14.8 Å². The number of carboxylic acid groups (broad SMARTS) is 1. The molecule has 21 heavy (non-hydrogen) atoms. The Labute approximate surface area is 123 Å². The minimum atomic E-state index is -0.988. The van der Waals surface area contributed by atoms with Gasteiger partial charge in [0, 0.05) is 37.1 Å². The molecule has 0 aliphatic rings. The van der Waals surface area contributed by atoms with E-state index in [4.69, 9.17) is 5.11 Å². The molecule has 2 aromatic rings. The molecule has 5 heteroatoms. The van der Waals surface area contributed by atoms with Crippen LogP contribution in [-0.4, -0.2) is 27.6 Å². The van der Waals surface area contributed by atoms with Gasteiger partial charge in [0.05, 0.1) is 0 Å². The minimum absolute atomic E-state index is 0.633. The van der Waals surface area contributed by atoms with Crippen molar-refractivity contribution in [3.8, 4) is 0 Å². The van der Waals surface area contributed by atoms with Gasteiger partial charge in [0.2, 0.25) is 5.95 Å². The topological polar surface area (TPSA) is 66.3 Å². The minimum Gasteiger partial charge on any atom is -0.478 e. The van der Waals surface area contributed by atoms with Crippen LogP contribution in [0, 0.1) is 0 Å². The third-order valence-electron chi connectivity index (χ3n) is 2.96. The molecular weight excluding hydrogens is 266 g/mol. The van der Waals surface area contributed by atoms with Gasteiger partial charge in [0.25, 0.3) is 0 Å². The van der Waals surface area contributed by atoms with Gasteiger partial charge >= 0.3 is 5.97 Å². The van der Waals surface area contributed by atoms with Gasteiger partial charge in [0.1, 0.15) is 0 Å². The van der Waals surface area contributed by atoms with Crippen molar-refractivity contribution in [2.24, 2.45) is 0 Å². The molecule has 0 bridgehead atoms. The van der Waals surface area contributed by atoms with Crippen molar-refractivity contribution in [1.82, 2.24) is 9.97 Å². The number of nitrogens with zero attached hydrogens (tertiary/aromatic N) is 3. The van der Waals surface area contributed by atoms with E-state index in [0.29, 0.717) is 11.5 Å². The first kappa shape index (κ1) is 14.7. The number of benzene rings is 1. The number of anilines is 1. The van der Waals surface area contributed by atoms with Gasteiger partial charge in [-0.3, -0.25) is 0 Å². The van der Waals surface area contributed by atoms with Gasteiger partial charge in [-0.1, -0.05) is 30.3 Å². The number of hydrogen-bond acceptors (Lipinski definition) is 4. The SMILES string of the molecule is CCN(Cc1ccccc1)c1ncc(/C=C/C(=O)O)cn1. The molecule has 108 valence electrons. The highest BCUT2D eigenvalue weighted by Crippen LogP contribution is 2.12. The maximum Gasteiger partial charge on any atom is 0.328 e. The number of hydrogen-bond donors (Lipinski definition) is 1. The molecule has 0 saturated heterocycles. The fraction of sp³-hybridized carbons (Fsp3) is 0.188. The van der Waals surface area contributed by atoms with Gasteiger partial charge in [-0.05, 0) is 18.6 Å². The highest BCUT2D eigenvalue weighted by Gasteiger charge is 2.07. The van der Waals surface area contributed by atoms with Crippen LogP contribution in [-0.2, 0) is 11.3 Å². The Morgan fingerprint density at radius 3 is 2.48 bits per heavy atom. The summed E-state index contributed by atoms with van der Waals surface area (Å²) in [5.74, 6) is -0.354. The molecule has 1 N–H and O–H groups in total. The predicted molar refractivity (Wildman–Crippen MR) is 81.9 cm³/mol. The van der Waals surface area contributed by atoms with Crippen molar-refractivity contribution in [2.75, 3.05) is 11.4 Å². The number of carbonyl (C=O) groups is 1. The second-order valence-electron chi connectivity index (χ2n) is 4.49. The summed E-state index contributed by atoms with van der Waals surface area (Å²) in [5, 5.41) is 8.58. The molecule has 0 amide bonds.